The van der Waals surface area contributed by atoms with Crippen LogP contribution in [-0.4, -0.2) is 16.7 Å². The minimum absolute atomic E-state index is 0.0267. The molecule has 1 rings (SSSR count). The minimum Gasteiger partial charge on any atom is -0.507 e. The molecule has 0 aliphatic rings. The van der Waals surface area contributed by atoms with Gasteiger partial charge in [-0.05, 0) is 18.6 Å². The van der Waals surface area contributed by atoms with E-state index in [0.717, 1.165) is 12.8 Å². The fourth-order valence-electron chi connectivity index (χ4n) is 2.70. The number of para-hydroxylation sites is 1. The largest absolute Gasteiger partial charge is 0.507 e. The number of carbonyl (C=O) groups is 2. The molecule has 0 unspecified atom stereocenters. The highest BCUT2D eigenvalue weighted by Crippen LogP contribution is 2.18. The zero-order valence-corrected chi connectivity index (χ0v) is 14.4. The van der Waals surface area contributed by atoms with Crippen molar-refractivity contribution >= 4 is 11.6 Å². The van der Waals surface area contributed by atoms with Crippen LogP contribution < -0.4 is 0 Å². The van der Waals surface area contributed by atoms with E-state index >= 15 is 0 Å². The molecule has 1 aromatic rings. The third kappa shape index (κ3) is 8.53. The fraction of sp³-hybridized carbons (Fsp3) is 0.600. The average molecular weight is 318 g/mol. The summed E-state index contributed by atoms with van der Waals surface area (Å²) in [6, 6.07) is 6.38. The number of phenols is 1. The highest BCUT2D eigenvalue weighted by molar-refractivity contribution is 6.09. The van der Waals surface area contributed by atoms with Crippen LogP contribution in [0.5, 0.6) is 5.75 Å². The Hall–Kier alpha value is -1.64. The second kappa shape index (κ2) is 11.9. The van der Waals surface area contributed by atoms with Crippen LogP contribution in [0.1, 0.15) is 87.9 Å². The van der Waals surface area contributed by atoms with Gasteiger partial charge in [-0.25, -0.2) is 0 Å². The summed E-state index contributed by atoms with van der Waals surface area (Å²) >= 11 is 0. The Bertz CT molecular complexity index is 480. The van der Waals surface area contributed by atoms with Crippen LogP contribution in [0.4, 0.5) is 0 Å². The molecule has 3 heteroatoms. The lowest BCUT2D eigenvalue weighted by Crippen LogP contribution is -2.08. The van der Waals surface area contributed by atoms with Gasteiger partial charge in [0.25, 0.3) is 0 Å². The molecule has 0 heterocycles. The van der Waals surface area contributed by atoms with E-state index in [9.17, 15) is 14.7 Å². The first kappa shape index (κ1) is 19.4. The summed E-state index contributed by atoms with van der Waals surface area (Å²) in [7, 11) is 0. The molecule has 128 valence electrons. The summed E-state index contributed by atoms with van der Waals surface area (Å²) in [4.78, 5) is 23.8. The molecule has 0 bridgehead atoms. The Balaban J connectivity index is 2.09. The van der Waals surface area contributed by atoms with E-state index in [-0.39, 0.29) is 29.3 Å². The van der Waals surface area contributed by atoms with E-state index in [1.165, 1.54) is 51.0 Å². The molecule has 1 N–H and O–H groups in total. The normalized spacial score (nSPS) is 10.7. The topological polar surface area (TPSA) is 54.4 Å². The minimum atomic E-state index is -0.288. The van der Waals surface area contributed by atoms with E-state index in [1.54, 1.807) is 18.2 Å². The van der Waals surface area contributed by atoms with E-state index in [4.69, 9.17) is 0 Å². The number of hydrogen-bond donors (Lipinski definition) is 1. The summed E-state index contributed by atoms with van der Waals surface area (Å²) in [5.74, 6) is -0.362. The standard InChI is InChI=1S/C20H30O3/c1-2-3-4-5-6-7-8-9-10-13-17(21)16-20(23)18-14-11-12-15-19(18)22/h11-12,14-15,22H,2-10,13,16H2,1H3. The van der Waals surface area contributed by atoms with E-state index < -0.39 is 0 Å². The lowest BCUT2D eigenvalue weighted by Gasteiger charge is -2.04. The predicted molar refractivity (Wildman–Crippen MR) is 93.9 cm³/mol. The van der Waals surface area contributed by atoms with Crippen LogP contribution in [0.25, 0.3) is 0 Å². The molecule has 23 heavy (non-hydrogen) atoms. The van der Waals surface area contributed by atoms with Crippen molar-refractivity contribution in [2.45, 2.75) is 77.6 Å². The van der Waals surface area contributed by atoms with Gasteiger partial charge in [-0.2, -0.15) is 0 Å². The van der Waals surface area contributed by atoms with Gasteiger partial charge in [0.1, 0.15) is 11.5 Å². The number of Topliss-reactive ketones (excluding diaryl/α,β-unsaturated/α-hetero) is 2. The third-order valence-corrected chi connectivity index (χ3v) is 4.12. The maximum atomic E-state index is 12.0. The maximum Gasteiger partial charge on any atom is 0.173 e. The zero-order chi connectivity index (χ0) is 16.9. The molecule has 3 nitrogen and oxygen atoms in total. The van der Waals surface area contributed by atoms with E-state index in [0.29, 0.717) is 6.42 Å². The van der Waals surface area contributed by atoms with Crippen molar-refractivity contribution < 1.29 is 14.7 Å². The van der Waals surface area contributed by atoms with Gasteiger partial charge in [-0.3, -0.25) is 9.59 Å². The van der Waals surface area contributed by atoms with E-state index in [1.807, 2.05) is 0 Å². The molecule has 0 atom stereocenters. The predicted octanol–water partition coefficient (Wildman–Crippen LogP) is 5.46. The van der Waals surface area contributed by atoms with Crippen molar-refractivity contribution in [2.75, 3.05) is 0 Å². The number of rotatable bonds is 13. The lowest BCUT2D eigenvalue weighted by molar-refractivity contribution is -0.118. The lowest BCUT2D eigenvalue weighted by atomic mass is 10.0. The molecule has 0 fully saturated rings. The molecular weight excluding hydrogens is 288 g/mol. The Morgan fingerprint density at radius 2 is 1.43 bits per heavy atom. The Morgan fingerprint density at radius 1 is 0.870 bits per heavy atom. The summed E-state index contributed by atoms with van der Waals surface area (Å²) in [6.45, 7) is 2.22. The average Bonchev–Trinajstić information content (AvgIpc) is 2.53. The summed E-state index contributed by atoms with van der Waals surface area (Å²) in [5, 5.41) is 9.61. The molecule has 0 aliphatic heterocycles. The van der Waals surface area contributed by atoms with E-state index in [2.05, 4.69) is 6.92 Å². The van der Waals surface area contributed by atoms with Gasteiger partial charge in [0.2, 0.25) is 0 Å². The van der Waals surface area contributed by atoms with Gasteiger partial charge in [0.05, 0.1) is 12.0 Å². The molecule has 0 saturated heterocycles. The second-order valence-electron chi connectivity index (χ2n) is 6.23. The van der Waals surface area contributed by atoms with Crippen molar-refractivity contribution in [3.63, 3.8) is 0 Å². The molecule has 0 spiro atoms. The van der Waals surface area contributed by atoms with Crippen molar-refractivity contribution in [1.29, 1.82) is 0 Å². The first-order valence-corrected chi connectivity index (χ1v) is 8.98. The summed E-state index contributed by atoms with van der Waals surface area (Å²) in [5.41, 5.74) is 0.243. The van der Waals surface area contributed by atoms with Crippen LogP contribution in [-0.2, 0) is 4.79 Å². The smallest absolute Gasteiger partial charge is 0.173 e. The Labute approximate surface area is 140 Å². The maximum absolute atomic E-state index is 12.0. The third-order valence-electron chi connectivity index (χ3n) is 4.12. The SMILES string of the molecule is CCCCCCCCCCCC(=O)CC(=O)c1ccccc1O. The molecule has 0 aliphatic carbocycles. The quantitative estimate of drug-likeness (QED) is 0.299. The highest BCUT2D eigenvalue weighted by Gasteiger charge is 2.14. The van der Waals surface area contributed by atoms with Crippen LogP contribution in [0, 0.1) is 0 Å². The molecule has 0 aromatic heterocycles. The van der Waals surface area contributed by atoms with Gasteiger partial charge < -0.3 is 5.11 Å². The molecule has 0 radical (unpaired) electrons. The van der Waals surface area contributed by atoms with Gasteiger partial charge in [-0.1, -0.05) is 70.4 Å². The second-order valence-corrected chi connectivity index (χ2v) is 6.23. The number of ketones is 2. The van der Waals surface area contributed by atoms with Crippen LogP contribution >= 0.6 is 0 Å². The number of carbonyl (C=O) groups excluding carboxylic acids is 2. The van der Waals surface area contributed by atoms with Gasteiger partial charge >= 0.3 is 0 Å². The molecule has 1 aromatic carbocycles. The number of phenolic OH excluding ortho intramolecular Hbond substituents is 1. The Morgan fingerprint density at radius 3 is 2.04 bits per heavy atom. The number of benzene rings is 1. The van der Waals surface area contributed by atoms with Crippen molar-refractivity contribution in [1.82, 2.24) is 0 Å². The zero-order valence-electron chi connectivity index (χ0n) is 14.4. The Kier molecular flexibility index (Phi) is 10.0. The van der Waals surface area contributed by atoms with Crippen LogP contribution in [0.3, 0.4) is 0 Å². The molecule has 0 amide bonds. The first-order chi connectivity index (χ1) is 11.1. The number of hydrogen-bond acceptors (Lipinski definition) is 3. The fourth-order valence-corrected chi connectivity index (χ4v) is 2.70. The van der Waals surface area contributed by atoms with Gasteiger partial charge in [0, 0.05) is 6.42 Å². The van der Waals surface area contributed by atoms with Crippen molar-refractivity contribution in [3.8, 4) is 5.75 Å². The van der Waals surface area contributed by atoms with Gasteiger partial charge in [0.15, 0.2) is 5.78 Å². The molecule has 0 saturated carbocycles. The van der Waals surface area contributed by atoms with Crippen LogP contribution in [0.15, 0.2) is 24.3 Å². The first-order valence-electron chi connectivity index (χ1n) is 8.98. The number of unbranched alkanes of at least 4 members (excludes halogenated alkanes) is 8. The van der Waals surface area contributed by atoms with Gasteiger partial charge in [-0.15, -0.1) is 0 Å². The summed E-state index contributed by atoms with van der Waals surface area (Å²) < 4.78 is 0. The summed E-state index contributed by atoms with van der Waals surface area (Å²) in [6.07, 6.45) is 11.3. The van der Waals surface area contributed by atoms with Crippen LogP contribution in [0.2, 0.25) is 0 Å². The number of aromatic hydroxyl groups is 1. The highest BCUT2D eigenvalue weighted by atomic mass is 16.3. The van der Waals surface area contributed by atoms with Crippen molar-refractivity contribution in [2.24, 2.45) is 0 Å². The molecular formula is C20H30O3. The van der Waals surface area contributed by atoms with Crippen molar-refractivity contribution in [3.05, 3.63) is 29.8 Å². The monoisotopic (exact) mass is 318 g/mol.